The Kier molecular flexibility index (Phi) is 6.31. The number of sulfonamides is 1. The zero-order valence-electron chi connectivity index (χ0n) is 15.8. The normalized spacial score (nSPS) is 10.7. The molecule has 8 heteroatoms. The Bertz CT molecular complexity index is 1230. The molecule has 0 aliphatic carbocycles. The summed E-state index contributed by atoms with van der Waals surface area (Å²) in [6.45, 7) is 0. The van der Waals surface area contributed by atoms with Gasteiger partial charge < -0.3 is 10.1 Å². The maximum Gasteiger partial charge on any atom is 0.263 e. The van der Waals surface area contributed by atoms with Crippen molar-refractivity contribution in [3.05, 3.63) is 82.9 Å². The van der Waals surface area contributed by atoms with E-state index in [0.717, 1.165) is 0 Å². The van der Waals surface area contributed by atoms with Gasteiger partial charge in [0.25, 0.3) is 15.9 Å². The van der Waals surface area contributed by atoms with Crippen molar-refractivity contribution < 1.29 is 17.9 Å². The minimum Gasteiger partial charge on any atom is -0.497 e. The smallest absolute Gasteiger partial charge is 0.263 e. The van der Waals surface area contributed by atoms with E-state index < -0.39 is 15.9 Å². The van der Waals surface area contributed by atoms with Crippen molar-refractivity contribution in [2.45, 2.75) is 4.90 Å². The second kappa shape index (κ2) is 8.91. The molecule has 6 nitrogen and oxygen atoms in total. The van der Waals surface area contributed by atoms with E-state index >= 15 is 0 Å². The van der Waals surface area contributed by atoms with E-state index in [4.69, 9.17) is 22.8 Å². The molecule has 0 heterocycles. The Morgan fingerprint density at radius 2 is 1.77 bits per heavy atom. The van der Waals surface area contributed by atoms with Crippen LogP contribution in [0.15, 0.2) is 71.6 Å². The van der Waals surface area contributed by atoms with Crippen LogP contribution in [0.25, 0.3) is 0 Å². The number of terminal acetylenes is 1. The second-order valence-corrected chi connectivity index (χ2v) is 8.22. The fourth-order valence-electron chi connectivity index (χ4n) is 2.61. The predicted octanol–water partition coefficient (Wildman–Crippen LogP) is 4.38. The van der Waals surface area contributed by atoms with Crippen molar-refractivity contribution in [3.8, 4) is 18.1 Å². The molecule has 0 atom stereocenters. The Hall–Kier alpha value is -3.47. The van der Waals surface area contributed by atoms with E-state index in [1.165, 1.54) is 25.3 Å². The van der Waals surface area contributed by atoms with Crippen LogP contribution in [0.1, 0.15) is 15.9 Å². The number of halogens is 1. The van der Waals surface area contributed by atoms with Crippen LogP contribution in [0, 0.1) is 12.3 Å². The van der Waals surface area contributed by atoms with E-state index in [-0.39, 0.29) is 15.5 Å². The van der Waals surface area contributed by atoms with Gasteiger partial charge in [-0.05, 0) is 60.7 Å². The number of hydrogen-bond acceptors (Lipinski definition) is 4. The molecular weight excluding hydrogens is 424 g/mol. The van der Waals surface area contributed by atoms with Gasteiger partial charge in [0.05, 0.1) is 12.1 Å². The van der Waals surface area contributed by atoms with E-state index in [1.807, 2.05) is 0 Å². The molecule has 0 fully saturated rings. The van der Waals surface area contributed by atoms with Gasteiger partial charge in [-0.15, -0.1) is 6.42 Å². The zero-order chi connectivity index (χ0) is 21.7. The first kappa shape index (κ1) is 21.2. The topological polar surface area (TPSA) is 84.5 Å². The minimum absolute atomic E-state index is 0.0121. The van der Waals surface area contributed by atoms with E-state index in [9.17, 15) is 13.2 Å². The average molecular weight is 441 g/mol. The molecule has 0 aliphatic rings. The summed E-state index contributed by atoms with van der Waals surface area (Å²) in [5.74, 6) is 2.57. The standard InChI is InChI=1S/C22H17ClN2O4S/c1-3-15-5-4-6-18(13-15)24-22(26)16-7-12-20(23)21(14-16)30(27,28)25-17-8-10-19(29-2)11-9-17/h1,4-14,25H,2H3,(H,24,26). The van der Waals surface area contributed by atoms with Crippen LogP contribution in [0.5, 0.6) is 5.75 Å². The van der Waals surface area contributed by atoms with Crippen LogP contribution in [0.2, 0.25) is 5.02 Å². The fraction of sp³-hybridized carbons (Fsp3) is 0.0455. The molecule has 2 N–H and O–H groups in total. The molecule has 0 aliphatic heterocycles. The maximum atomic E-state index is 12.8. The number of rotatable bonds is 6. The van der Waals surface area contributed by atoms with Crippen LogP contribution >= 0.6 is 11.6 Å². The Balaban J connectivity index is 1.86. The first-order valence-corrected chi connectivity index (χ1v) is 10.5. The minimum atomic E-state index is -4.03. The van der Waals surface area contributed by atoms with Crippen molar-refractivity contribution in [2.24, 2.45) is 0 Å². The van der Waals surface area contributed by atoms with Gasteiger partial charge in [-0.2, -0.15) is 0 Å². The molecule has 1 amide bonds. The molecule has 0 saturated carbocycles. The molecule has 3 rings (SSSR count). The fourth-order valence-corrected chi connectivity index (χ4v) is 4.20. The van der Waals surface area contributed by atoms with Gasteiger partial charge in [0, 0.05) is 22.5 Å². The van der Waals surface area contributed by atoms with E-state index in [0.29, 0.717) is 22.7 Å². The van der Waals surface area contributed by atoms with Crippen LogP contribution in [0.3, 0.4) is 0 Å². The number of nitrogens with one attached hydrogen (secondary N) is 2. The molecule has 152 valence electrons. The molecule has 3 aromatic rings. The summed E-state index contributed by atoms with van der Waals surface area (Å²) < 4.78 is 33.1. The predicted molar refractivity (Wildman–Crippen MR) is 118 cm³/mol. The van der Waals surface area contributed by atoms with Crippen LogP contribution in [-0.2, 0) is 10.0 Å². The summed E-state index contributed by atoms with van der Waals surface area (Å²) in [6, 6.07) is 17.1. The third kappa shape index (κ3) is 4.92. The number of anilines is 2. The van der Waals surface area contributed by atoms with Crippen LogP contribution in [-0.4, -0.2) is 21.4 Å². The summed E-state index contributed by atoms with van der Waals surface area (Å²) in [7, 11) is -2.52. The molecule has 30 heavy (non-hydrogen) atoms. The van der Waals surface area contributed by atoms with E-state index in [1.54, 1.807) is 48.5 Å². The van der Waals surface area contributed by atoms with Gasteiger partial charge in [0.2, 0.25) is 0 Å². The third-order valence-electron chi connectivity index (χ3n) is 4.11. The first-order valence-electron chi connectivity index (χ1n) is 8.67. The maximum absolute atomic E-state index is 12.8. The lowest BCUT2D eigenvalue weighted by Crippen LogP contribution is -2.16. The first-order chi connectivity index (χ1) is 14.3. The molecule has 0 bridgehead atoms. The Labute approximate surface area is 179 Å². The van der Waals surface area contributed by atoms with Crippen molar-refractivity contribution in [1.82, 2.24) is 0 Å². The van der Waals surface area contributed by atoms with Gasteiger partial charge in [0.1, 0.15) is 10.6 Å². The lowest BCUT2D eigenvalue weighted by Gasteiger charge is -2.12. The number of hydrogen-bond donors (Lipinski definition) is 2. The van der Waals surface area contributed by atoms with Crippen molar-refractivity contribution in [1.29, 1.82) is 0 Å². The third-order valence-corrected chi connectivity index (χ3v) is 5.98. The largest absolute Gasteiger partial charge is 0.497 e. The summed E-state index contributed by atoms with van der Waals surface area (Å²) in [4.78, 5) is 12.4. The lowest BCUT2D eigenvalue weighted by atomic mass is 10.2. The van der Waals surface area contributed by atoms with Crippen LogP contribution in [0.4, 0.5) is 11.4 Å². The number of methoxy groups -OCH3 is 1. The molecule has 0 aromatic heterocycles. The Morgan fingerprint density at radius 1 is 1.03 bits per heavy atom. The molecule has 0 saturated heterocycles. The second-order valence-electron chi connectivity index (χ2n) is 6.16. The summed E-state index contributed by atoms with van der Waals surface area (Å²) in [5.41, 5.74) is 1.55. The van der Waals surface area contributed by atoms with E-state index in [2.05, 4.69) is 16.0 Å². The highest BCUT2D eigenvalue weighted by Gasteiger charge is 2.20. The highest BCUT2D eigenvalue weighted by molar-refractivity contribution is 7.92. The zero-order valence-corrected chi connectivity index (χ0v) is 17.4. The summed E-state index contributed by atoms with van der Waals surface area (Å²) >= 11 is 6.11. The highest BCUT2D eigenvalue weighted by Crippen LogP contribution is 2.26. The van der Waals surface area contributed by atoms with Gasteiger partial charge in [-0.25, -0.2) is 8.42 Å². The van der Waals surface area contributed by atoms with Crippen molar-refractivity contribution in [2.75, 3.05) is 17.1 Å². The van der Waals surface area contributed by atoms with Crippen molar-refractivity contribution in [3.63, 3.8) is 0 Å². The van der Waals surface area contributed by atoms with Gasteiger partial charge in [0.15, 0.2) is 0 Å². The SMILES string of the molecule is C#Cc1cccc(NC(=O)c2ccc(Cl)c(S(=O)(=O)Nc3ccc(OC)cc3)c2)c1. The van der Waals surface area contributed by atoms with Crippen LogP contribution < -0.4 is 14.8 Å². The Morgan fingerprint density at radius 3 is 2.43 bits per heavy atom. The number of amides is 1. The number of benzene rings is 3. The molecular formula is C22H17ClN2O4S. The van der Waals surface area contributed by atoms with Gasteiger partial charge in [-0.3, -0.25) is 9.52 Å². The molecule has 0 spiro atoms. The molecule has 3 aromatic carbocycles. The number of carbonyl (C=O) groups excluding carboxylic acids is 1. The molecule has 0 radical (unpaired) electrons. The highest BCUT2D eigenvalue weighted by atomic mass is 35.5. The van der Waals surface area contributed by atoms with Crippen molar-refractivity contribution >= 4 is 38.9 Å². The molecule has 0 unspecified atom stereocenters. The van der Waals surface area contributed by atoms with Gasteiger partial charge >= 0.3 is 0 Å². The monoisotopic (exact) mass is 440 g/mol. The average Bonchev–Trinajstić information content (AvgIpc) is 2.74. The summed E-state index contributed by atoms with van der Waals surface area (Å²) in [6.07, 6.45) is 5.37. The number of carbonyl (C=O) groups is 1. The lowest BCUT2D eigenvalue weighted by molar-refractivity contribution is 0.102. The summed E-state index contributed by atoms with van der Waals surface area (Å²) in [5, 5.41) is 2.67. The number of ether oxygens (including phenoxy) is 1. The van der Waals surface area contributed by atoms with Gasteiger partial charge in [-0.1, -0.05) is 23.6 Å². The quantitative estimate of drug-likeness (QED) is 0.557.